The van der Waals surface area contributed by atoms with Crippen molar-refractivity contribution < 1.29 is 0 Å². The van der Waals surface area contributed by atoms with Crippen LogP contribution in [0.5, 0.6) is 0 Å². The van der Waals surface area contributed by atoms with E-state index in [1.807, 2.05) is 6.07 Å². The smallest absolute Gasteiger partial charge is 0.0176 e. The van der Waals surface area contributed by atoms with Gasteiger partial charge in [0.2, 0.25) is 0 Å². The molecule has 1 rings (SSSR count). The molecule has 1 aromatic heterocycles. The standard InChI is InChI=1S/C7H11NS2/c8-6(5-9)4-7-2-1-3-10-7/h1-3,6,9H,4-5,8H2. The molecular weight excluding hydrogens is 162 g/mol. The summed E-state index contributed by atoms with van der Waals surface area (Å²) in [5.74, 6) is 0.762. The van der Waals surface area contributed by atoms with Crippen LogP contribution in [0.4, 0.5) is 0 Å². The summed E-state index contributed by atoms with van der Waals surface area (Å²) < 4.78 is 0. The fourth-order valence-corrected chi connectivity index (χ4v) is 1.68. The molecule has 0 aromatic carbocycles. The Kier molecular flexibility index (Phi) is 3.25. The van der Waals surface area contributed by atoms with E-state index in [1.54, 1.807) is 11.3 Å². The Bertz CT molecular complexity index is 172. The first-order valence-electron chi connectivity index (χ1n) is 3.21. The zero-order valence-electron chi connectivity index (χ0n) is 5.66. The van der Waals surface area contributed by atoms with Crippen LogP contribution in [0.3, 0.4) is 0 Å². The van der Waals surface area contributed by atoms with Gasteiger partial charge in [-0.25, -0.2) is 0 Å². The average Bonchev–Trinajstić information content (AvgIpc) is 2.40. The number of hydrogen-bond acceptors (Lipinski definition) is 3. The molecule has 0 radical (unpaired) electrons. The summed E-state index contributed by atoms with van der Waals surface area (Å²) in [7, 11) is 0. The maximum Gasteiger partial charge on any atom is 0.0176 e. The summed E-state index contributed by atoms with van der Waals surface area (Å²) in [6, 6.07) is 4.36. The summed E-state index contributed by atoms with van der Waals surface area (Å²) in [6.07, 6.45) is 0.959. The van der Waals surface area contributed by atoms with Crippen LogP contribution >= 0.6 is 24.0 Å². The van der Waals surface area contributed by atoms with Crippen LogP contribution in [0.2, 0.25) is 0 Å². The molecule has 0 amide bonds. The maximum absolute atomic E-state index is 5.69. The predicted octanol–water partition coefficient (Wildman–Crippen LogP) is 1.55. The Labute approximate surface area is 70.7 Å². The molecule has 0 aliphatic rings. The lowest BCUT2D eigenvalue weighted by molar-refractivity contribution is 0.759. The molecule has 1 aromatic rings. The van der Waals surface area contributed by atoms with Crippen LogP contribution in [0.1, 0.15) is 4.88 Å². The maximum atomic E-state index is 5.69. The van der Waals surface area contributed by atoms with Crippen molar-refractivity contribution in [2.24, 2.45) is 5.73 Å². The molecule has 0 aliphatic carbocycles. The van der Waals surface area contributed by atoms with Gasteiger partial charge in [-0.3, -0.25) is 0 Å². The Balaban J connectivity index is 2.40. The highest BCUT2D eigenvalue weighted by molar-refractivity contribution is 7.80. The molecular formula is C7H11NS2. The highest BCUT2D eigenvalue weighted by atomic mass is 32.1. The van der Waals surface area contributed by atoms with E-state index >= 15 is 0 Å². The fourth-order valence-electron chi connectivity index (χ4n) is 0.752. The van der Waals surface area contributed by atoms with Gasteiger partial charge in [0.15, 0.2) is 0 Å². The van der Waals surface area contributed by atoms with Gasteiger partial charge in [-0.15, -0.1) is 11.3 Å². The monoisotopic (exact) mass is 173 g/mol. The Hall–Kier alpha value is 0.01000. The molecule has 1 atom stereocenters. The van der Waals surface area contributed by atoms with Crippen LogP contribution in [0, 0.1) is 0 Å². The molecule has 2 N–H and O–H groups in total. The van der Waals surface area contributed by atoms with Gasteiger partial charge >= 0.3 is 0 Å². The van der Waals surface area contributed by atoms with E-state index < -0.39 is 0 Å². The third-order valence-electron chi connectivity index (χ3n) is 1.28. The van der Waals surface area contributed by atoms with E-state index in [-0.39, 0.29) is 6.04 Å². The van der Waals surface area contributed by atoms with Gasteiger partial charge < -0.3 is 5.73 Å². The van der Waals surface area contributed by atoms with Crippen LogP contribution < -0.4 is 5.73 Å². The van der Waals surface area contributed by atoms with Gasteiger partial charge in [-0.1, -0.05) is 6.07 Å². The molecule has 10 heavy (non-hydrogen) atoms. The van der Waals surface area contributed by atoms with Crippen molar-refractivity contribution >= 4 is 24.0 Å². The van der Waals surface area contributed by atoms with E-state index in [9.17, 15) is 0 Å². The van der Waals surface area contributed by atoms with Gasteiger partial charge in [0, 0.05) is 16.7 Å². The van der Waals surface area contributed by atoms with E-state index in [0.29, 0.717) is 0 Å². The average molecular weight is 173 g/mol. The second kappa shape index (κ2) is 4.01. The second-order valence-electron chi connectivity index (χ2n) is 2.23. The summed E-state index contributed by atoms with van der Waals surface area (Å²) in [4.78, 5) is 1.35. The summed E-state index contributed by atoms with van der Waals surface area (Å²) in [5.41, 5.74) is 5.69. The SMILES string of the molecule is NC(CS)Cc1cccs1. The van der Waals surface area contributed by atoms with Crippen molar-refractivity contribution in [2.75, 3.05) is 5.75 Å². The molecule has 0 aliphatic heterocycles. The molecule has 0 fully saturated rings. The van der Waals surface area contributed by atoms with Crippen molar-refractivity contribution in [3.8, 4) is 0 Å². The van der Waals surface area contributed by atoms with Crippen molar-refractivity contribution in [3.05, 3.63) is 22.4 Å². The van der Waals surface area contributed by atoms with Gasteiger partial charge in [0.05, 0.1) is 0 Å². The highest BCUT2D eigenvalue weighted by Gasteiger charge is 2.00. The molecule has 1 heterocycles. The minimum Gasteiger partial charge on any atom is -0.327 e. The molecule has 0 saturated heterocycles. The lowest BCUT2D eigenvalue weighted by Gasteiger charge is -2.04. The lowest BCUT2D eigenvalue weighted by Crippen LogP contribution is -2.23. The molecule has 0 bridgehead atoms. The molecule has 1 unspecified atom stereocenters. The van der Waals surface area contributed by atoms with E-state index in [1.165, 1.54) is 4.88 Å². The first-order valence-corrected chi connectivity index (χ1v) is 4.73. The van der Waals surface area contributed by atoms with Gasteiger partial charge in [-0.05, 0) is 17.9 Å². The Morgan fingerprint density at radius 2 is 2.50 bits per heavy atom. The van der Waals surface area contributed by atoms with E-state index in [4.69, 9.17) is 5.73 Å². The van der Waals surface area contributed by atoms with Crippen LogP contribution in [0.15, 0.2) is 17.5 Å². The first-order chi connectivity index (χ1) is 4.83. The zero-order valence-corrected chi connectivity index (χ0v) is 7.37. The first kappa shape index (κ1) is 8.11. The third-order valence-corrected chi connectivity index (χ3v) is 2.65. The van der Waals surface area contributed by atoms with Crippen molar-refractivity contribution in [3.63, 3.8) is 0 Å². The number of rotatable bonds is 3. The molecule has 0 saturated carbocycles. The van der Waals surface area contributed by atoms with Crippen LogP contribution in [-0.2, 0) is 6.42 Å². The van der Waals surface area contributed by atoms with Crippen molar-refractivity contribution in [1.29, 1.82) is 0 Å². The molecule has 0 spiro atoms. The normalized spacial score (nSPS) is 13.4. The fraction of sp³-hybridized carbons (Fsp3) is 0.429. The molecule has 1 nitrogen and oxygen atoms in total. The minimum absolute atomic E-state index is 0.210. The Morgan fingerprint density at radius 3 is 3.00 bits per heavy atom. The highest BCUT2D eigenvalue weighted by Crippen LogP contribution is 2.10. The lowest BCUT2D eigenvalue weighted by atomic mass is 10.2. The number of thiophene rings is 1. The number of thiol groups is 1. The predicted molar refractivity (Wildman–Crippen MR) is 49.9 cm³/mol. The van der Waals surface area contributed by atoms with Gasteiger partial charge in [-0.2, -0.15) is 12.6 Å². The molecule has 56 valence electrons. The summed E-state index contributed by atoms with van der Waals surface area (Å²) >= 11 is 5.86. The van der Waals surface area contributed by atoms with Gasteiger partial charge in [0.1, 0.15) is 0 Å². The van der Waals surface area contributed by atoms with Crippen molar-refractivity contribution in [2.45, 2.75) is 12.5 Å². The van der Waals surface area contributed by atoms with Gasteiger partial charge in [0.25, 0.3) is 0 Å². The summed E-state index contributed by atoms with van der Waals surface area (Å²) in [6.45, 7) is 0. The van der Waals surface area contributed by atoms with Crippen LogP contribution in [0.25, 0.3) is 0 Å². The minimum atomic E-state index is 0.210. The number of nitrogens with two attached hydrogens (primary N) is 1. The largest absolute Gasteiger partial charge is 0.327 e. The summed E-state index contributed by atoms with van der Waals surface area (Å²) in [5, 5.41) is 2.07. The molecule has 3 heteroatoms. The van der Waals surface area contributed by atoms with Crippen LogP contribution in [-0.4, -0.2) is 11.8 Å². The Morgan fingerprint density at radius 1 is 1.70 bits per heavy atom. The van der Waals surface area contributed by atoms with Crippen molar-refractivity contribution in [1.82, 2.24) is 0 Å². The second-order valence-corrected chi connectivity index (χ2v) is 3.62. The van der Waals surface area contributed by atoms with E-state index in [2.05, 4.69) is 24.1 Å². The third kappa shape index (κ3) is 2.33. The number of hydrogen-bond donors (Lipinski definition) is 2. The zero-order chi connectivity index (χ0) is 7.40. The van der Waals surface area contributed by atoms with E-state index in [0.717, 1.165) is 12.2 Å². The quantitative estimate of drug-likeness (QED) is 0.666. The topological polar surface area (TPSA) is 26.0 Å².